The topological polar surface area (TPSA) is 105 Å². The molecule has 0 unspecified atom stereocenters. The minimum atomic E-state index is -3.39. The van der Waals surface area contributed by atoms with Crippen LogP contribution in [0.4, 0.5) is 5.69 Å². The SMILES string of the molecule is Cc1cc(C(=O)NCC(C)C)ccc1NC(=O)c1oc2ccccc2c1CS(C)(=O)=O. The van der Waals surface area contributed by atoms with E-state index in [2.05, 4.69) is 10.6 Å². The summed E-state index contributed by atoms with van der Waals surface area (Å²) in [5, 5.41) is 6.22. The monoisotopic (exact) mass is 442 g/mol. The summed E-state index contributed by atoms with van der Waals surface area (Å²) < 4.78 is 29.5. The molecule has 7 nitrogen and oxygen atoms in total. The summed E-state index contributed by atoms with van der Waals surface area (Å²) in [4.78, 5) is 25.2. The van der Waals surface area contributed by atoms with Crippen molar-refractivity contribution in [1.82, 2.24) is 5.32 Å². The van der Waals surface area contributed by atoms with E-state index in [9.17, 15) is 18.0 Å². The number of hydrogen-bond acceptors (Lipinski definition) is 5. The van der Waals surface area contributed by atoms with Crippen molar-refractivity contribution in [2.75, 3.05) is 18.1 Å². The summed E-state index contributed by atoms with van der Waals surface area (Å²) >= 11 is 0. The second kappa shape index (κ2) is 8.93. The summed E-state index contributed by atoms with van der Waals surface area (Å²) in [5.41, 5.74) is 2.48. The van der Waals surface area contributed by atoms with Crippen molar-refractivity contribution >= 4 is 38.3 Å². The average Bonchev–Trinajstić information content (AvgIpc) is 3.04. The molecule has 0 saturated heterocycles. The highest BCUT2D eigenvalue weighted by Gasteiger charge is 2.24. The van der Waals surface area contributed by atoms with E-state index in [1.165, 1.54) is 0 Å². The Kier molecular flexibility index (Phi) is 6.50. The van der Waals surface area contributed by atoms with Crippen molar-refractivity contribution in [2.45, 2.75) is 26.5 Å². The Bertz CT molecular complexity index is 1240. The van der Waals surface area contributed by atoms with Gasteiger partial charge in [0.05, 0.1) is 5.75 Å². The number of nitrogens with one attached hydrogen (secondary N) is 2. The highest BCUT2D eigenvalue weighted by Crippen LogP contribution is 2.28. The number of fused-ring (bicyclic) bond motifs is 1. The normalized spacial score (nSPS) is 11.6. The number of rotatable bonds is 7. The molecule has 2 N–H and O–H groups in total. The molecule has 1 aromatic heterocycles. The molecule has 1 heterocycles. The summed E-state index contributed by atoms with van der Waals surface area (Å²) in [7, 11) is -3.39. The number of carbonyl (C=O) groups excluding carboxylic acids is 2. The standard InChI is InChI=1S/C23H26N2O5S/c1-14(2)12-24-22(26)16-9-10-19(15(3)11-16)25-23(27)21-18(13-31(4,28)29)17-7-5-6-8-20(17)30-21/h5-11,14H,12-13H2,1-4H3,(H,24,26)(H,25,27). The summed E-state index contributed by atoms with van der Waals surface area (Å²) in [6.45, 7) is 6.39. The van der Waals surface area contributed by atoms with Crippen LogP contribution in [0.3, 0.4) is 0 Å². The first-order valence-electron chi connectivity index (χ1n) is 9.93. The van der Waals surface area contributed by atoms with E-state index in [0.29, 0.717) is 45.8 Å². The largest absolute Gasteiger partial charge is 0.451 e. The Hall–Kier alpha value is -3.13. The van der Waals surface area contributed by atoms with Gasteiger partial charge in [-0.25, -0.2) is 8.42 Å². The molecule has 0 atom stereocenters. The van der Waals surface area contributed by atoms with Crippen LogP contribution in [-0.4, -0.2) is 33.0 Å². The minimum Gasteiger partial charge on any atom is -0.451 e. The van der Waals surface area contributed by atoms with E-state index in [0.717, 1.165) is 6.26 Å². The van der Waals surface area contributed by atoms with Crippen LogP contribution in [0.15, 0.2) is 46.9 Å². The molecule has 31 heavy (non-hydrogen) atoms. The molecule has 0 aliphatic rings. The zero-order valence-corrected chi connectivity index (χ0v) is 18.8. The van der Waals surface area contributed by atoms with Crippen LogP contribution in [-0.2, 0) is 15.6 Å². The van der Waals surface area contributed by atoms with E-state index in [1.54, 1.807) is 49.4 Å². The van der Waals surface area contributed by atoms with Crippen LogP contribution < -0.4 is 10.6 Å². The predicted octanol–water partition coefficient (Wildman–Crippen LogP) is 3.92. The zero-order chi connectivity index (χ0) is 22.8. The lowest BCUT2D eigenvalue weighted by molar-refractivity contribution is 0.0948. The Morgan fingerprint density at radius 1 is 1.06 bits per heavy atom. The second-order valence-electron chi connectivity index (χ2n) is 8.06. The molecule has 3 rings (SSSR count). The molecule has 0 aliphatic heterocycles. The number of sulfone groups is 1. The van der Waals surface area contributed by atoms with E-state index >= 15 is 0 Å². The molecule has 164 valence electrons. The third-order valence-corrected chi connectivity index (χ3v) is 5.53. The van der Waals surface area contributed by atoms with Gasteiger partial charge in [0.15, 0.2) is 15.6 Å². The number of para-hydroxylation sites is 1. The number of amides is 2. The van der Waals surface area contributed by atoms with Crippen molar-refractivity contribution < 1.29 is 22.4 Å². The third-order valence-electron chi connectivity index (χ3n) is 4.72. The van der Waals surface area contributed by atoms with E-state index in [4.69, 9.17) is 4.42 Å². The van der Waals surface area contributed by atoms with E-state index in [-0.39, 0.29) is 17.4 Å². The fourth-order valence-corrected chi connectivity index (χ4v) is 4.02. The molecular weight excluding hydrogens is 416 g/mol. The molecule has 2 amide bonds. The fourth-order valence-electron chi connectivity index (χ4n) is 3.21. The zero-order valence-electron chi connectivity index (χ0n) is 18.0. The maximum atomic E-state index is 13.0. The summed E-state index contributed by atoms with van der Waals surface area (Å²) in [6.07, 6.45) is 1.11. The highest BCUT2D eigenvalue weighted by molar-refractivity contribution is 7.89. The van der Waals surface area contributed by atoms with Crippen molar-refractivity contribution in [3.63, 3.8) is 0 Å². The number of aryl methyl sites for hydroxylation is 1. The maximum Gasteiger partial charge on any atom is 0.291 e. The van der Waals surface area contributed by atoms with Gasteiger partial charge in [-0.3, -0.25) is 9.59 Å². The number of carbonyl (C=O) groups is 2. The van der Waals surface area contributed by atoms with Crippen LogP contribution >= 0.6 is 0 Å². The Morgan fingerprint density at radius 3 is 2.42 bits per heavy atom. The van der Waals surface area contributed by atoms with Crippen molar-refractivity contribution in [3.8, 4) is 0 Å². The van der Waals surface area contributed by atoms with Gasteiger partial charge >= 0.3 is 0 Å². The first-order chi connectivity index (χ1) is 14.5. The van der Waals surface area contributed by atoms with Crippen LogP contribution in [0.1, 0.15) is 45.9 Å². The number of hydrogen-bond donors (Lipinski definition) is 2. The van der Waals surface area contributed by atoms with Crippen LogP contribution in [0.25, 0.3) is 11.0 Å². The fraction of sp³-hybridized carbons (Fsp3) is 0.304. The van der Waals surface area contributed by atoms with E-state index in [1.807, 2.05) is 13.8 Å². The van der Waals surface area contributed by atoms with Crippen LogP contribution in [0, 0.1) is 12.8 Å². The Labute approximate surface area is 181 Å². The lowest BCUT2D eigenvalue weighted by Crippen LogP contribution is -2.27. The minimum absolute atomic E-state index is 0.0372. The number of benzene rings is 2. The third kappa shape index (κ3) is 5.52. The molecule has 0 spiro atoms. The van der Waals surface area contributed by atoms with Gasteiger partial charge in [0.1, 0.15) is 5.58 Å². The quantitative estimate of drug-likeness (QED) is 0.577. The Morgan fingerprint density at radius 2 is 1.77 bits per heavy atom. The molecule has 0 bridgehead atoms. The smallest absolute Gasteiger partial charge is 0.291 e. The van der Waals surface area contributed by atoms with E-state index < -0.39 is 15.7 Å². The van der Waals surface area contributed by atoms with Crippen molar-refractivity contribution in [3.05, 3.63) is 64.9 Å². The number of anilines is 1. The molecule has 0 fully saturated rings. The first-order valence-corrected chi connectivity index (χ1v) is 12.0. The molecule has 0 radical (unpaired) electrons. The lowest BCUT2D eigenvalue weighted by atomic mass is 10.1. The summed E-state index contributed by atoms with van der Waals surface area (Å²) in [5.74, 6) is -0.726. The first kappa shape index (κ1) is 22.6. The van der Waals surface area contributed by atoms with Gasteiger partial charge in [-0.15, -0.1) is 0 Å². The van der Waals surface area contributed by atoms with Gasteiger partial charge in [-0.05, 0) is 42.7 Å². The van der Waals surface area contributed by atoms with Gasteiger partial charge in [0.2, 0.25) is 0 Å². The maximum absolute atomic E-state index is 13.0. The molecular formula is C23H26N2O5S. The lowest BCUT2D eigenvalue weighted by Gasteiger charge is -2.11. The predicted molar refractivity (Wildman–Crippen MR) is 121 cm³/mol. The van der Waals surface area contributed by atoms with Crippen molar-refractivity contribution in [2.24, 2.45) is 5.92 Å². The Balaban J connectivity index is 1.87. The second-order valence-corrected chi connectivity index (χ2v) is 10.2. The molecule has 8 heteroatoms. The van der Waals surface area contributed by atoms with Gasteiger partial charge in [0.25, 0.3) is 11.8 Å². The molecule has 0 aliphatic carbocycles. The molecule has 0 saturated carbocycles. The van der Waals surface area contributed by atoms with Gasteiger partial charge in [-0.1, -0.05) is 32.0 Å². The number of furan rings is 1. The highest BCUT2D eigenvalue weighted by atomic mass is 32.2. The summed E-state index contributed by atoms with van der Waals surface area (Å²) in [6, 6.07) is 11.9. The van der Waals surface area contributed by atoms with Crippen LogP contribution in [0.5, 0.6) is 0 Å². The molecule has 3 aromatic rings. The van der Waals surface area contributed by atoms with Gasteiger partial charge < -0.3 is 15.1 Å². The van der Waals surface area contributed by atoms with Crippen molar-refractivity contribution in [1.29, 1.82) is 0 Å². The van der Waals surface area contributed by atoms with Gasteiger partial charge in [0, 0.05) is 35.0 Å². The molecule has 2 aromatic carbocycles. The van der Waals surface area contributed by atoms with Gasteiger partial charge in [-0.2, -0.15) is 0 Å². The average molecular weight is 443 g/mol. The van der Waals surface area contributed by atoms with Crippen LogP contribution in [0.2, 0.25) is 0 Å².